The maximum atomic E-state index is 13.7. The lowest BCUT2D eigenvalue weighted by atomic mass is 9.88. The van der Waals surface area contributed by atoms with Gasteiger partial charge in [0, 0.05) is 110 Å². The molecule has 0 aliphatic carbocycles. The van der Waals surface area contributed by atoms with Crippen LogP contribution in [-0.2, 0) is 91.0 Å². The minimum atomic E-state index is -0.991. The Balaban J connectivity index is 0.000000209. The van der Waals surface area contributed by atoms with E-state index in [4.69, 9.17) is 14.2 Å². The van der Waals surface area contributed by atoms with Crippen LogP contribution in [0.2, 0.25) is 0 Å². The number of carbonyl (C=O) groups is 12. The number of Topliss-reactive ketones (excluding diaryl/α,β-unsaturated/α-hetero) is 3. The number of hydrogen-bond acceptors (Lipinski definition) is 21. The number of carbonyl (C=O) groups excluding carboxylic acids is 12. The van der Waals surface area contributed by atoms with Crippen LogP contribution in [0.15, 0.2) is 183 Å². The zero-order valence-electron chi connectivity index (χ0n) is 70.4. The number of benzene rings is 5. The van der Waals surface area contributed by atoms with Gasteiger partial charge < -0.3 is 62.1 Å². The fourth-order valence-electron chi connectivity index (χ4n) is 14.3. The third-order valence-corrected chi connectivity index (χ3v) is 28.5. The molecule has 5 aromatic carbocycles. The standard InChI is InChI=1S/2C32H39N3O5S2.C28H36FN3O5S2/c1-20(2)27-17-24(36)16-25-12-6-7-14-41-42-19-29(35-30(27)37)32(39)34-28(31(38)33-18-21(3)40-25)15-23-11-8-10-22-9-4-5-13-26(22)23;1-20(2)27-17-25(36)16-26-10-6-7-13-41-42-19-29(35-30(27)37)32(39)34-28(31(38)33-18-21(3)40-26)15-22-11-12-23-8-4-5-9-24(23)14-22;1-17(2)23-14-21(33)13-22-6-4-5-11-38-39-16-25(32-26(23)34)28(36)31-24(27(35)30-15-18(3)37-22)12-19-7-9-20(29)10-8-19/h4-6,8-13,20,25,27-29H,3,7,14-19H2,1-2H3,(H,33,38)(H,34,39)(H,35,37);4-6,8-12,14,20,26-29H,3,7,13,15-19H2,1-2H3,(H,33,38)(H,34,39)(H,35,37);4,6-10,17,22-25H,3,5,11-16H2,1-2H3,(H,30,35)(H,31,36)(H,32,34)/b12-6+;10-6+;6-4+/t25?,27-,28+,29-;26?,27-,28-,29-;22?,23-,24-,25-/m111/s1. The van der Waals surface area contributed by atoms with Gasteiger partial charge in [-0.3, -0.25) is 57.5 Å². The summed E-state index contributed by atoms with van der Waals surface area (Å²) in [7, 11) is 9.21. The number of allylic oxidation sites excluding steroid dienone is 3. The Hall–Kier alpha value is -9.27. The zero-order valence-corrected chi connectivity index (χ0v) is 75.3. The van der Waals surface area contributed by atoms with Crippen LogP contribution in [0, 0.1) is 41.3 Å². The van der Waals surface area contributed by atoms with Gasteiger partial charge in [-0.25, -0.2) is 4.39 Å². The van der Waals surface area contributed by atoms with E-state index in [2.05, 4.69) is 67.6 Å². The van der Waals surface area contributed by atoms with E-state index < -0.39 is 114 Å². The van der Waals surface area contributed by atoms with Crippen LogP contribution in [0.3, 0.4) is 0 Å². The molecule has 0 spiro atoms. The van der Waals surface area contributed by atoms with Gasteiger partial charge in [0.1, 0.15) is 95.0 Å². The van der Waals surface area contributed by atoms with Crippen molar-refractivity contribution in [2.24, 2.45) is 35.5 Å². The monoisotopic (exact) mass is 1800 g/mol. The summed E-state index contributed by atoms with van der Waals surface area (Å²) in [6.45, 7) is 23.2. The van der Waals surface area contributed by atoms with Crippen molar-refractivity contribution < 1.29 is 76.1 Å². The number of nitrogens with one attached hydrogen (secondary N) is 9. The molecule has 5 aromatic rings. The van der Waals surface area contributed by atoms with Crippen LogP contribution in [0.1, 0.15) is 116 Å². The van der Waals surface area contributed by atoms with E-state index >= 15 is 0 Å². The first-order valence-electron chi connectivity index (χ1n) is 41.7. The van der Waals surface area contributed by atoms with Gasteiger partial charge in [0.25, 0.3) is 0 Å². The highest BCUT2D eigenvalue weighted by atomic mass is 33.1. The third-order valence-electron chi connectivity index (χ3n) is 21.2. The number of ether oxygens (including phenoxy) is 3. The molecule has 0 saturated carbocycles. The quantitative estimate of drug-likeness (QED) is 0.0489. The van der Waals surface area contributed by atoms with E-state index in [1.807, 2.05) is 163 Å². The average molecular weight is 1800 g/mol. The van der Waals surface area contributed by atoms with E-state index in [9.17, 15) is 61.9 Å². The van der Waals surface area contributed by atoms with Crippen molar-refractivity contribution in [2.75, 3.05) is 54.2 Å². The Morgan fingerprint density at radius 3 is 1.11 bits per heavy atom. The van der Waals surface area contributed by atoms with Gasteiger partial charge in [0.15, 0.2) is 0 Å². The van der Waals surface area contributed by atoms with Crippen LogP contribution in [-0.4, -0.2) is 179 Å². The lowest BCUT2D eigenvalue weighted by Crippen LogP contribution is -2.56. The molecule has 6 bridgehead atoms. The first-order chi connectivity index (χ1) is 59.0. The van der Waals surface area contributed by atoms with Crippen LogP contribution >= 0.6 is 64.8 Å². The predicted molar refractivity (Wildman–Crippen MR) is 492 cm³/mol. The van der Waals surface area contributed by atoms with Crippen LogP contribution in [0.5, 0.6) is 0 Å². The van der Waals surface area contributed by atoms with E-state index in [0.717, 1.165) is 69.2 Å². The predicted octanol–water partition coefficient (Wildman–Crippen LogP) is 12.0. The highest BCUT2D eigenvalue weighted by molar-refractivity contribution is 8.77. The van der Waals surface area contributed by atoms with E-state index in [1.54, 1.807) is 44.5 Å². The van der Waals surface area contributed by atoms with Crippen molar-refractivity contribution in [2.45, 2.75) is 173 Å². The number of ketones is 3. The van der Waals surface area contributed by atoms with Gasteiger partial charge in [0.2, 0.25) is 53.2 Å². The minimum absolute atomic E-state index is 0.0177. The zero-order chi connectivity index (χ0) is 88.5. The normalized spacial score (nSPS) is 26.4. The van der Waals surface area contributed by atoms with Crippen LogP contribution in [0.25, 0.3) is 21.5 Å². The minimum Gasteiger partial charge on any atom is -0.489 e. The molecule has 6 heterocycles. The Kier molecular flexibility index (Phi) is 39.7. The van der Waals surface area contributed by atoms with Crippen molar-refractivity contribution >= 4 is 157 Å². The summed E-state index contributed by atoms with van der Waals surface area (Å²) in [6, 6.07) is 27.9. The van der Waals surface area contributed by atoms with Gasteiger partial charge in [-0.2, -0.15) is 0 Å². The molecular formula is C92H114FN9O15S6. The molecule has 660 valence electrons. The lowest BCUT2D eigenvalue weighted by molar-refractivity contribution is -0.135. The van der Waals surface area contributed by atoms with Gasteiger partial charge in [0.05, 0.1) is 19.6 Å². The van der Waals surface area contributed by atoms with E-state index in [0.29, 0.717) is 28.6 Å². The first-order valence-corrected chi connectivity index (χ1v) is 49.1. The van der Waals surface area contributed by atoms with Crippen molar-refractivity contribution in [3.63, 3.8) is 0 Å². The summed E-state index contributed by atoms with van der Waals surface area (Å²) < 4.78 is 31.4. The number of fused-ring (bicyclic) bond motifs is 23. The maximum absolute atomic E-state index is 13.7. The fraction of sp³-hybridized carbons (Fsp3) is 0.457. The van der Waals surface area contributed by atoms with E-state index in [-0.39, 0.29) is 142 Å². The molecule has 9 N–H and O–H groups in total. The number of rotatable bonds is 9. The second kappa shape index (κ2) is 50.0. The lowest BCUT2D eigenvalue weighted by Gasteiger charge is -2.27. The molecule has 24 nitrogen and oxygen atoms in total. The maximum Gasteiger partial charge on any atom is 0.244 e. The Labute approximate surface area is 743 Å². The third kappa shape index (κ3) is 32.3. The average Bonchev–Trinajstić information content (AvgIpc) is 0.820. The molecule has 3 saturated heterocycles. The summed E-state index contributed by atoms with van der Waals surface area (Å²) >= 11 is 0. The largest absolute Gasteiger partial charge is 0.489 e. The smallest absolute Gasteiger partial charge is 0.244 e. The molecule has 11 rings (SSSR count). The molecular weight excluding hydrogens is 1680 g/mol. The summed E-state index contributed by atoms with van der Waals surface area (Å²) in [4.78, 5) is 161. The summed E-state index contributed by atoms with van der Waals surface area (Å²) in [5.41, 5.74) is 2.46. The van der Waals surface area contributed by atoms with Gasteiger partial charge >= 0.3 is 0 Å². The second-order valence-electron chi connectivity index (χ2n) is 32.0. The molecule has 0 aromatic heterocycles. The Bertz CT molecular complexity index is 4670. The number of hydrogen-bond donors (Lipinski definition) is 9. The highest BCUT2D eigenvalue weighted by Gasteiger charge is 2.38. The Morgan fingerprint density at radius 1 is 0.366 bits per heavy atom. The summed E-state index contributed by atoms with van der Waals surface area (Å²) in [5, 5.41) is 29.8. The molecule has 3 fully saturated rings. The van der Waals surface area contributed by atoms with Crippen molar-refractivity contribution in [1.82, 2.24) is 47.9 Å². The van der Waals surface area contributed by atoms with Crippen LogP contribution in [0.4, 0.5) is 4.39 Å². The van der Waals surface area contributed by atoms with Gasteiger partial charge in [-0.15, -0.1) is 0 Å². The molecule has 123 heavy (non-hydrogen) atoms. The first kappa shape index (κ1) is 97.5. The highest BCUT2D eigenvalue weighted by Crippen LogP contribution is 2.31. The van der Waals surface area contributed by atoms with Crippen LogP contribution < -0.4 is 47.9 Å². The molecule has 0 radical (unpaired) electrons. The SMILES string of the molecule is C=C1CNC(=O)[C@@H](Cc2ccc(F)cc2)NC(=O)[C@H]2CSSCC/C=C/C(CC(=O)C[C@H](C(C)C)C(=O)N2)O1.C=C1CNC(=O)[C@@H](Cc2ccc3ccccc3c2)NC(=O)[C@H]2CSSCC/C=C/C(CC(=O)C[C@H](C(C)C)C(=O)N2)O1.C=C1CNC(=O)[C@H](Cc2cccc3ccccc23)NC(=O)[C@H]2CSSCC/C=C/C(CC(=O)C[C@H](C(C)C)C(=O)N2)O1. The topological polar surface area (TPSA) is 341 Å². The summed E-state index contributed by atoms with van der Waals surface area (Å²) in [5.74, 6) is -2.66. The number of halogens is 1. The van der Waals surface area contributed by atoms with Gasteiger partial charge in [-0.05, 0) is 106 Å². The Morgan fingerprint density at radius 2 is 0.715 bits per heavy atom. The molecule has 12 atom stereocenters. The fourth-order valence-corrected chi connectivity index (χ4v) is 20.8. The molecule has 6 aliphatic heterocycles. The van der Waals surface area contributed by atoms with Gasteiger partial charge in [-0.1, -0.05) is 241 Å². The molecule has 9 amide bonds. The van der Waals surface area contributed by atoms with Crippen molar-refractivity contribution in [1.29, 1.82) is 0 Å². The molecule has 3 unspecified atom stereocenters. The molecule has 31 heteroatoms. The second-order valence-corrected chi connectivity index (χ2v) is 39.9. The molecule has 6 aliphatic rings. The van der Waals surface area contributed by atoms with Crippen molar-refractivity contribution in [3.8, 4) is 0 Å². The summed E-state index contributed by atoms with van der Waals surface area (Å²) in [6.07, 6.45) is 12.9. The van der Waals surface area contributed by atoms with Crippen molar-refractivity contribution in [3.05, 3.63) is 205 Å². The number of amides is 9. The van der Waals surface area contributed by atoms with E-state index in [1.165, 1.54) is 44.5 Å².